The molecule has 0 aromatic rings. The SMILES string of the molecule is CCCC1NC(=O)C2CC(C)CN2C1=O. The van der Waals surface area contributed by atoms with Crippen LogP contribution in [0.1, 0.15) is 33.1 Å². The standard InChI is InChI=1S/C11H18N2O2/c1-3-4-8-11(15)13-6-7(2)5-9(13)10(14)12-8/h7-9H,3-6H2,1-2H3,(H,12,14). The van der Waals surface area contributed by atoms with E-state index in [-0.39, 0.29) is 23.9 Å². The highest BCUT2D eigenvalue weighted by molar-refractivity contribution is 5.97. The molecule has 0 spiro atoms. The summed E-state index contributed by atoms with van der Waals surface area (Å²) < 4.78 is 0. The molecule has 4 nitrogen and oxygen atoms in total. The van der Waals surface area contributed by atoms with Crippen molar-refractivity contribution in [2.45, 2.75) is 45.2 Å². The second-order valence-electron chi connectivity index (χ2n) is 4.70. The maximum atomic E-state index is 12.0. The van der Waals surface area contributed by atoms with Gasteiger partial charge in [0.2, 0.25) is 11.8 Å². The van der Waals surface area contributed by atoms with E-state index in [2.05, 4.69) is 12.2 Å². The van der Waals surface area contributed by atoms with Crippen LogP contribution in [0, 0.1) is 5.92 Å². The third-order valence-electron chi connectivity index (χ3n) is 3.29. The minimum atomic E-state index is -0.274. The highest BCUT2D eigenvalue weighted by Crippen LogP contribution is 2.27. The van der Waals surface area contributed by atoms with Crippen LogP contribution in [0.15, 0.2) is 0 Å². The number of hydrogen-bond acceptors (Lipinski definition) is 2. The summed E-state index contributed by atoms with van der Waals surface area (Å²) in [5.74, 6) is 0.605. The van der Waals surface area contributed by atoms with Gasteiger partial charge in [-0.25, -0.2) is 0 Å². The summed E-state index contributed by atoms with van der Waals surface area (Å²) in [6, 6.07) is -0.468. The molecule has 84 valence electrons. The van der Waals surface area contributed by atoms with Gasteiger partial charge in [-0.2, -0.15) is 0 Å². The van der Waals surface area contributed by atoms with Crippen LogP contribution in [0.5, 0.6) is 0 Å². The van der Waals surface area contributed by atoms with Crippen molar-refractivity contribution in [2.24, 2.45) is 5.92 Å². The first-order valence-corrected chi connectivity index (χ1v) is 5.74. The minimum absolute atomic E-state index is 0.0393. The highest BCUT2D eigenvalue weighted by Gasteiger charge is 2.44. The molecule has 2 aliphatic rings. The molecule has 4 heteroatoms. The third kappa shape index (κ3) is 1.73. The second kappa shape index (κ2) is 3.83. The van der Waals surface area contributed by atoms with E-state index >= 15 is 0 Å². The van der Waals surface area contributed by atoms with Crippen molar-refractivity contribution in [3.05, 3.63) is 0 Å². The van der Waals surface area contributed by atoms with Crippen LogP contribution in [0.25, 0.3) is 0 Å². The first kappa shape index (κ1) is 10.5. The molecule has 3 atom stereocenters. The summed E-state index contributed by atoms with van der Waals surface area (Å²) in [7, 11) is 0. The quantitative estimate of drug-likeness (QED) is 0.722. The molecule has 0 aromatic carbocycles. The third-order valence-corrected chi connectivity index (χ3v) is 3.29. The van der Waals surface area contributed by atoms with Gasteiger partial charge in [-0.15, -0.1) is 0 Å². The summed E-state index contributed by atoms with van der Waals surface area (Å²) in [6.45, 7) is 4.86. The lowest BCUT2D eigenvalue weighted by molar-refractivity contribution is -0.147. The topological polar surface area (TPSA) is 49.4 Å². The zero-order valence-corrected chi connectivity index (χ0v) is 9.32. The van der Waals surface area contributed by atoms with Crippen molar-refractivity contribution in [3.8, 4) is 0 Å². The number of piperazine rings is 1. The molecule has 2 saturated heterocycles. The Bertz CT molecular complexity index is 290. The Labute approximate surface area is 90.0 Å². The van der Waals surface area contributed by atoms with Gasteiger partial charge in [0.05, 0.1) is 0 Å². The largest absolute Gasteiger partial charge is 0.343 e. The van der Waals surface area contributed by atoms with Crippen LogP contribution in [0.3, 0.4) is 0 Å². The molecule has 0 aliphatic carbocycles. The fraction of sp³-hybridized carbons (Fsp3) is 0.818. The van der Waals surface area contributed by atoms with Crippen molar-refractivity contribution in [2.75, 3.05) is 6.54 Å². The predicted octanol–water partition coefficient (Wildman–Crippen LogP) is 0.522. The van der Waals surface area contributed by atoms with Crippen LogP contribution in [0.4, 0.5) is 0 Å². The summed E-state index contributed by atoms with van der Waals surface area (Å²) in [6.07, 6.45) is 2.49. The van der Waals surface area contributed by atoms with Crippen LogP contribution in [-0.2, 0) is 9.59 Å². The van der Waals surface area contributed by atoms with Gasteiger partial charge in [0.15, 0.2) is 0 Å². The Hall–Kier alpha value is -1.06. The van der Waals surface area contributed by atoms with Gasteiger partial charge in [0, 0.05) is 6.54 Å². The van der Waals surface area contributed by atoms with E-state index in [1.807, 2.05) is 6.92 Å². The van der Waals surface area contributed by atoms with Gasteiger partial charge in [-0.1, -0.05) is 20.3 Å². The lowest BCUT2D eigenvalue weighted by atomic mass is 10.0. The molecule has 3 unspecified atom stereocenters. The first-order chi connectivity index (χ1) is 7.13. The molecule has 1 N–H and O–H groups in total. The van der Waals surface area contributed by atoms with Gasteiger partial charge in [-0.3, -0.25) is 9.59 Å². The van der Waals surface area contributed by atoms with E-state index in [0.717, 1.165) is 25.8 Å². The molecule has 0 radical (unpaired) electrons. The number of fused-ring (bicyclic) bond motifs is 1. The van der Waals surface area contributed by atoms with E-state index in [0.29, 0.717) is 5.92 Å². The van der Waals surface area contributed by atoms with Crippen LogP contribution in [0.2, 0.25) is 0 Å². The number of nitrogens with one attached hydrogen (secondary N) is 1. The lowest BCUT2D eigenvalue weighted by Gasteiger charge is -2.34. The molecule has 2 fully saturated rings. The molecule has 2 heterocycles. The van der Waals surface area contributed by atoms with E-state index in [1.165, 1.54) is 0 Å². The summed E-state index contributed by atoms with van der Waals surface area (Å²) in [4.78, 5) is 25.5. The summed E-state index contributed by atoms with van der Waals surface area (Å²) in [5, 5.41) is 2.83. The highest BCUT2D eigenvalue weighted by atomic mass is 16.2. The van der Waals surface area contributed by atoms with Crippen LogP contribution >= 0.6 is 0 Å². The Kier molecular flexibility index (Phi) is 2.67. The minimum Gasteiger partial charge on any atom is -0.343 e. The molecule has 2 aliphatic heterocycles. The molecule has 0 saturated carbocycles. The Balaban J connectivity index is 2.13. The Morgan fingerprint density at radius 1 is 1.47 bits per heavy atom. The van der Waals surface area contributed by atoms with Crippen molar-refractivity contribution in [3.63, 3.8) is 0 Å². The van der Waals surface area contributed by atoms with E-state index in [4.69, 9.17) is 0 Å². The fourth-order valence-electron chi connectivity index (χ4n) is 2.55. The van der Waals surface area contributed by atoms with Crippen molar-refractivity contribution >= 4 is 11.8 Å². The smallest absolute Gasteiger partial charge is 0.245 e. The number of hydrogen-bond donors (Lipinski definition) is 1. The zero-order chi connectivity index (χ0) is 11.0. The Morgan fingerprint density at radius 3 is 2.87 bits per heavy atom. The average Bonchev–Trinajstić information content (AvgIpc) is 2.57. The average molecular weight is 210 g/mol. The second-order valence-corrected chi connectivity index (χ2v) is 4.70. The normalized spacial score (nSPS) is 35.3. The number of amides is 2. The van der Waals surface area contributed by atoms with Crippen molar-refractivity contribution < 1.29 is 9.59 Å². The molecule has 2 amide bonds. The number of rotatable bonds is 2. The first-order valence-electron chi connectivity index (χ1n) is 5.74. The van der Waals surface area contributed by atoms with Crippen LogP contribution in [-0.4, -0.2) is 35.3 Å². The van der Waals surface area contributed by atoms with Gasteiger partial charge >= 0.3 is 0 Å². The monoisotopic (exact) mass is 210 g/mol. The number of carbonyl (C=O) groups is 2. The van der Waals surface area contributed by atoms with Gasteiger partial charge < -0.3 is 10.2 Å². The van der Waals surface area contributed by atoms with Crippen LogP contribution < -0.4 is 5.32 Å². The Morgan fingerprint density at radius 2 is 2.20 bits per heavy atom. The van der Waals surface area contributed by atoms with Crippen molar-refractivity contribution in [1.82, 2.24) is 10.2 Å². The molecule has 2 rings (SSSR count). The fourth-order valence-corrected chi connectivity index (χ4v) is 2.55. The lowest BCUT2D eigenvalue weighted by Crippen LogP contribution is -2.60. The molecule has 0 bridgehead atoms. The maximum absolute atomic E-state index is 12.0. The molecular formula is C11H18N2O2. The van der Waals surface area contributed by atoms with Gasteiger partial charge in [0.1, 0.15) is 12.1 Å². The summed E-state index contributed by atoms with van der Waals surface area (Å²) in [5.41, 5.74) is 0. The summed E-state index contributed by atoms with van der Waals surface area (Å²) >= 11 is 0. The van der Waals surface area contributed by atoms with E-state index < -0.39 is 0 Å². The number of nitrogens with zero attached hydrogens (tertiary/aromatic N) is 1. The van der Waals surface area contributed by atoms with Gasteiger partial charge in [-0.05, 0) is 18.8 Å². The van der Waals surface area contributed by atoms with E-state index in [1.54, 1.807) is 4.90 Å². The zero-order valence-electron chi connectivity index (χ0n) is 9.32. The number of carbonyl (C=O) groups excluding carboxylic acids is 2. The molecule has 0 aromatic heterocycles. The molecular weight excluding hydrogens is 192 g/mol. The maximum Gasteiger partial charge on any atom is 0.245 e. The molecule has 15 heavy (non-hydrogen) atoms. The van der Waals surface area contributed by atoms with E-state index in [9.17, 15) is 9.59 Å². The predicted molar refractivity (Wildman–Crippen MR) is 56.1 cm³/mol. The van der Waals surface area contributed by atoms with Crippen molar-refractivity contribution in [1.29, 1.82) is 0 Å². The van der Waals surface area contributed by atoms with Gasteiger partial charge in [0.25, 0.3) is 0 Å².